The van der Waals surface area contributed by atoms with Gasteiger partial charge < -0.3 is 18.0 Å². The average Bonchev–Trinajstić information content (AvgIpc) is 1.89. The topological polar surface area (TPSA) is 38.0 Å². The van der Waals surface area contributed by atoms with Gasteiger partial charge in [0.1, 0.15) is 0 Å². The molecule has 3 N–H and O–H groups in total. The second-order valence-electron chi connectivity index (χ2n) is 2.10. The van der Waals surface area contributed by atoms with E-state index < -0.39 is 0 Å². The zero-order valence-corrected chi connectivity index (χ0v) is 10.2. The Morgan fingerprint density at radius 1 is 1.20 bits per heavy atom. The first kappa shape index (κ1) is 14.1. The molecule has 0 amide bonds. The van der Waals surface area contributed by atoms with Crippen molar-refractivity contribution in [3.8, 4) is 0 Å². The average molecular weight is 168 g/mol. The summed E-state index contributed by atoms with van der Waals surface area (Å²) < 4.78 is 0. The fourth-order valence-electron chi connectivity index (χ4n) is 0.602. The minimum absolute atomic E-state index is 0. The van der Waals surface area contributed by atoms with Crippen molar-refractivity contribution in [1.29, 1.82) is 0 Å². The molecule has 10 heavy (non-hydrogen) atoms. The van der Waals surface area contributed by atoms with Crippen LogP contribution in [-0.2, 0) is 0 Å². The molecule has 0 saturated carbocycles. The Morgan fingerprint density at radius 2 is 1.80 bits per heavy atom. The van der Waals surface area contributed by atoms with Crippen LogP contribution < -0.4 is 62.4 Å². The molecule has 0 bridgehead atoms. The van der Waals surface area contributed by atoms with Gasteiger partial charge in [-0.25, -0.2) is 0 Å². The summed E-state index contributed by atoms with van der Waals surface area (Å²) in [7, 11) is 0. The molecule has 0 unspecified atom stereocenters. The minimum Gasteiger partial charge on any atom is -0.343 e. The van der Waals surface area contributed by atoms with Crippen molar-refractivity contribution in [1.82, 2.24) is 5.32 Å². The summed E-state index contributed by atoms with van der Waals surface area (Å²) in [6.45, 7) is 6.67. The molecule has 2 nitrogen and oxygen atoms in total. The first-order valence-electron chi connectivity index (χ1n) is 3.62. The molecule has 0 aromatic carbocycles. The summed E-state index contributed by atoms with van der Waals surface area (Å²) >= 11 is 0. The van der Waals surface area contributed by atoms with E-state index in [1.807, 2.05) is 0 Å². The van der Waals surface area contributed by atoms with Gasteiger partial charge in [0.2, 0.25) is 0 Å². The zero-order chi connectivity index (χ0) is 6.95. The van der Waals surface area contributed by atoms with Crippen molar-refractivity contribution in [3.63, 3.8) is 0 Å². The number of unbranched alkanes of at least 4 members (excludes halogenated alkanes) is 1. The molecule has 0 atom stereocenters. The van der Waals surface area contributed by atoms with Crippen molar-refractivity contribution in [2.24, 2.45) is 5.73 Å². The molecule has 3 heteroatoms. The van der Waals surface area contributed by atoms with Gasteiger partial charge in [-0.2, -0.15) is 6.42 Å². The normalized spacial score (nSPS) is 9.00. The van der Waals surface area contributed by atoms with E-state index in [2.05, 4.69) is 12.2 Å². The number of hydrogen-bond acceptors (Lipinski definition) is 2. The molecular formula is C7H17KN2. The molecule has 0 aromatic rings. The SMILES string of the molecule is [CH2-]CCCNCCCN.[K+]. The summed E-state index contributed by atoms with van der Waals surface area (Å²) in [5, 5.41) is 3.27. The van der Waals surface area contributed by atoms with Crippen LogP contribution in [0.1, 0.15) is 19.3 Å². The van der Waals surface area contributed by atoms with Gasteiger partial charge in [0.25, 0.3) is 0 Å². The predicted molar refractivity (Wildman–Crippen MR) is 41.1 cm³/mol. The Hall–Kier alpha value is 1.56. The van der Waals surface area contributed by atoms with Gasteiger partial charge in [0, 0.05) is 0 Å². The third-order valence-corrected chi connectivity index (χ3v) is 1.16. The van der Waals surface area contributed by atoms with Crippen LogP contribution in [0, 0.1) is 6.92 Å². The third-order valence-electron chi connectivity index (χ3n) is 1.16. The fraction of sp³-hybridized carbons (Fsp3) is 0.857. The second-order valence-corrected chi connectivity index (χ2v) is 2.10. The second kappa shape index (κ2) is 13.2. The van der Waals surface area contributed by atoms with Crippen molar-refractivity contribution >= 4 is 0 Å². The van der Waals surface area contributed by atoms with Gasteiger partial charge in [-0.05, 0) is 26.1 Å². The van der Waals surface area contributed by atoms with Crippen LogP contribution in [0.4, 0.5) is 0 Å². The summed E-state index contributed by atoms with van der Waals surface area (Å²) in [5.74, 6) is 0. The Morgan fingerprint density at radius 3 is 2.30 bits per heavy atom. The maximum atomic E-state index is 5.29. The Kier molecular flexibility index (Phi) is 18.6. The van der Waals surface area contributed by atoms with Gasteiger partial charge in [0.15, 0.2) is 0 Å². The minimum atomic E-state index is 0. The Balaban J connectivity index is 0. The van der Waals surface area contributed by atoms with Crippen molar-refractivity contribution in [2.45, 2.75) is 19.3 Å². The largest absolute Gasteiger partial charge is 1.00 e. The molecule has 0 rings (SSSR count). The first-order valence-corrected chi connectivity index (χ1v) is 3.62. The van der Waals surface area contributed by atoms with E-state index >= 15 is 0 Å². The molecular weight excluding hydrogens is 151 g/mol. The zero-order valence-electron chi connectivity index (χ0n) is 7.03. The van der Waals surface area contributed by atoms with E-state index in [9.17, 15) is 0 Å². The number of rotatable bonds is 6. The molecule has 0 aliphatic heterocycles. The first-order chi connectivity index (χ1) is 4.41. The molecule has 0 radical (unpaired) electrons. The molecule has 0 saturated heterocycles. The van der Waals surface area contributed by atoms with Crippen molar-refractivity contribution in [2.75, 3.05) is 19.6 Å². The van der Waals surface area contributed by atoms with Crippen LogP contribution in [-0.4, -0.2) is 19.6 Å². The monoisotopic (exact) mass is 168 g/mol. The van der Waals surface area contributed by atoms with Gasteiger partial charge >= 0.3 is 51.4 Å². The molecule has 0 heterocycles. The summed E-state index contributed by atoms with van der Waals surface area (Å²) in [5.41, 5.74) is 5.29. The van der Waals surface area contributed by atoms with Crippen molar-refractivity contribution in [3.05, 3.63) is 6.92 Å². The predicted octanol–water partition coefficient (Wildman–Crippen LogP) is -2.46. The van der Waals surface area contributed by atoms with E-state index in [0.29, 0.717) is 0 Å². The van der Waals surface area contributed by atoms with E-state index in [1.54, 1.807) is 0 Å². The molecule has 0 aromatic heterocycles. The van der Waals surface area contributed by atoms with Crippen LogP contribution in [0.5, 0.6) is 0 Å². The van der Waals surface area contributed by atoms with Gasteiger partial charge in [-0.1, -0.05) is 6.42 Å². The summed E-state index contributed by atoms with van der Waals surface area (Å²) in [6, 6.07) is 0. The van der Waals surface area contributed by atoms with Gasteiger partial charge in [-0.3, -0.25) is 0 Å². The van der Waals surface area contributed by atoms with Crippen LogP contribution in [0.25, 0.3) is 0 Å². The van der Waals surface area contributed by atoms with Crippen LogP contribution in [0.15, 0.2) is 0 Å². The molecule has 0 aliphatic carbocycles. The maximum absolute atomic E-state index is 5.29. The summed E-state index contributed by atoms with van der Waals surface area (Å²) in [4.78, 5) is 0. The number of nitrogens with one attached hydrogen (secondary N) is 1. The van der Waals surface area contributed by atoms with E-state index in [1.165, 1.54) is 6.42 Å². The summed E-state index contributed by atoms with van der Waals surface area (Å²) in [6.07, 6.45) is 3.28. The maximum Gasteiger partial charge on any atom is 1.00 e. The number of nitrogens with two attached hydrogens (primary N) is 1. The van der Waals surface area contributed by atoms with E-state index in [4.69, 9.17) is 5.73 Å². The molecule has 0 fully saturated rings. The van der Waals surface area contributed by atoms with E-state index in [-0.39, 0.29) is 51.4 Å². The standard InChI is InChI=1S/C7H17N2.K/c1-2-3-6-9-7-4-5-8;/h9H,1-8H2;/q-1;+1. The molecule has 56 valence electrons. The third kappa shape index (κ3) is 12.3. The smallest absolute Gasteiger partial charge is 0.343 e. The molecule has 0 aliphatic rings. The Labute approximate surface area is 107 Å². The van der Waals surface area contributed by atoms with Gasteiger partial charge in [-0.15, -0.1) is 0 Å². The quantitative estimate of drug-likeness (QED) is 0.262. The van der Waals surface area contributed by atoms with Gasteiger partial charge in [0.05, 0.1) is 0 Å². The number of hydrogen-bond donors (Lipinski definition) is 2. The van der Waals surface area contributed by atoms with Crippen LogP contribution in [0.2, 0.25) is 0 Å². The molecule has 0 spiro atoms. The Bertz CT molecular complexity index is 44.9. The van der Waals surface area contributed by atoms with Crippen LogP contribution >= 0.6 is 0 Å². The van der Waals surface area contributed by atoms with Crippen LogP contribution in [0.3, 0.4) is 0 Å². The van der Waals surface area contributed by atoms with E-state index in [0.717, 1.165) is 32.5 Å². The fourth-order valence-corrected chi connectivity index (χ4v) is 0.602. The van der Waals surface area contributed by atoms with Crippen molar-refractivity contribution < 1.29 is 51.4 Å².